The van der Waals surface area contributed by atoms with E-state index in [-0.39, 0.29) is 5.78 Å². The van der Waals surface area contributed by atoms with Crippen molar-refractivity contribution in [1.29, 1.82) is 0 Å². The predicted octanol–water partition coefficient (Wildman–Crippen LogP) is 4.37. The third kappa shape index (κ3) is 3.79. The normalized spacial score (nSPS) is 10.9. The lowest BCUT2D eigenvalue weighted by molar-refractivity contribution is 0.102. The zero-order valence-electron chi connectivity index (χ0n) is 13.5. The number of carbonyl (C=O) groups is 1. The van der Waals surface area contributed by atoms with Gasteiger partial charge < -0.3 is 4.57 Å². The fourth-order valence-corrected chi connectivity index (χ4v) is 3.47. The quantitative estimate of drug-likeness (QED) is 0.765. The van der Waals surface area contributed by atoms with E-state index in [9.17, 15) is 4.79 Å². The maximum Gasteiger partial charge on any atom is 0.174 e. The maximum atomic E-state index is 12.3. The summed E-state index contributed by atoms with van der Waals surface area (Å²) < 4.78 is 2.07. The molecule has 0 amide bonds. The summed E-state index contributed by atoms with van der Waals surface area (Å²) in [5, 5.41) is 0. The number of benzene rings is 1. The van der Waals surface area contributed by atoms with E-state index in [4.69, 9.17) is 0 Å². The van der Waals surface area contributed by atoms with E-state index < -0.39 is 0 Å². The van der Waals surface area contributed by atoms with Crippen LogP contribution >= 0.6 is 11.8 Å². The van der Waals surface area contributed by atoms with Crippen LogP contribution in [0.15, 0.2) is 24.3 Å². The summed E-state index contributed by atoms with van der Waals surface area (Å²) in [6.45, 7) is 8.27. The number of rotatable bonds is 5. The van der Waals surface area contributed by atoms with Crippen LogP contribution in [0.4, 0.5) is 0 Å². The number of aryl methyl sites for hydroxylation is 3. The molecule has 0 atom stereocenters. The Morgan fingerprint density at radius 2 is 1.67 bits per heavy atom. The first-order chi connectivity index (χ1) is 9.88. The number of hydrogen-bond donors (Lipinski definition) is 0. The predicted molar refractivity (Wildman–Crippen MR) is 91.3 cm³/mol. The minimum Gasteiger partial charge on any atom is -0.351 e. The van der Waals surface area contributed by atoms with Crippen molar-refractivity contribution in [3.05, 3.63) is 57.9 Å². The number of hydrogen-bond acceptors (Lipinski definition) is 2. The molecule has 112 valence electrons. The van der Waals surface area contributed by atoms with Crippen LogP contribution in [-0.4, -0.2) is 16.1 Å². The smallest absolute Gasteiger partial charge is 0.174 e. The van der Waals surface area contributed by atoms with E-state index in [1.165, 1.54) is 16.7 Å². The SMILES string of the molecule is Cc1cc(C)cc(CSCC(=O)c2cc(C)n(C)c2C)c1. The van der Waals surface area contributed by atoms with Crippen LogP contribution in [0.1, 0.15) is 38.4 Å². The summed E-state index contributed by atoms with van der Waals surface area (Å²) in [6.07, 6.45) is 0. The van der Waals surface area contributed by atoms with Gasteiger partial charge in [0.1, 0.15) is 0 Å². The van der Waals surface area contributed by atoms with Crippen LogP contribution in [0.25, 0.3) is 0 Å². The molecule has 1 aromatic heterocycles. The highest BCUT2D eigenvalue weighted by Crippen LogP contribution is 2.19. The third-order valence-electron chi connectivity index (χ3n) is 3.86. The van der Waals surface area contributed by atoms with Crippen molar-refractivity contribution in [2.45, 2.75) is 33.4 Å². The van der Waals surface area contributed by atoms with Gasteiger partial charge in [-0.25, -0.2) is 0 Å². The first kappa shape index (κ1) is 15.9. The summed E-state index contributed by atoms with van der Waals surface area (Å²) in [5.74, 6) is 1.65. The summed E-state index contributed by atoms with van der Waals surface area (Å²) in [4.78, 5) is 12.3. The van der Waals surface area contributed by atoms with E-state index >= 15 is 0 Å². The molecule has 0 spiro atoms. The van der Waals surface area contributed by atoms with Crippen molar-refractivity contribution >= 4 is 17.5 Å². The van der Waals surface area contributed by atoms with E-state index in [2.05, 4.69) is 36.6 Å². The number of carbonyl (C=O) groups excluding carboxylic acids is 1. The average molecular weight is 301 g/mol. The van der Waals surface area contributed by atoms with Crippen LogP contribution < -0.4 is 0 Å². The third-order valence-corrected chi connectivity index (χ3v) is 4.86. The molecule has 1 aromatic carbocycles. The summed E-state index contributed by atoms with van der Waals surface area (Å²) in [6, 6.07) is 8.56. The molecule has 3 heteroatoms. The van der Waals surface area contributed by atoms with E-state index in [1.54, 1.807) is 11.8 Å². The van der Waals surface area contributed by atoms with Crippen LogP contribution in [0, 0.1) is 27.7 Å². The number of Topliss-reactive ketones (excluding diaryl/α,β-unsaturated/α-hetero) is 1. The van der Waals surface area contributed by atoms with Crippen molar-refractivity contribution in [1.82, 2.24) is 4.57 Å². The Bertz CT molecular complexity index is 650. The lowest BCUT2D eigenvalue weighted by atomic mass is 10.1. The Kier molecular flexibility index (Phi) is 4.94. The van der Waals surface area contributed by atoms with Gasteiger partial charge in [-0.1, -0.05) is 29.3 Å². The molecule has 0 radical (unpaired) electrons. The molecule has 0 bridgehead atoms. The zero-order chi connectivity index (χ0) is 15.6. The van der Waals surface area contributed by atoms with Gasteiger partial charge in [0.2, 0.25) is 0 Å². The Morgan fingerprint density at radius 3 is 2.19 bits per heavy atom. The van der Waals surface area contributed by atoms with Crippen molar-refractivity contribution in [3.8, 4) is 0 Å². The van der Waals surface area contributed by atoms with Gasteiger partial charge in [0, 0.05) is 29.8 Å². The molecule has 2 rings (SSSR count). The molecule has 21 heavy (non-hydrogen) atoms. The largest absolute Gasteiger partial charge is 0.351 e. The van der Waals surface area contributed by atoms with Crippen LogP contribution in [0.3, 0.4) is 0 Å². The molecule has 0 aliphatic heterocycles. The van der Waals surface area contributed by atoms with Gasteiger partial charge in [-0.05, 0) is 39.3 Å². The second-order valence-corrected chi connectivity index (χ2v) is 6.74. The van der Waals surface area contributed by atoms with Crippen LogP contribution in [-0.2, 0) is 12.8 Å². The van der Waals surface area contributed by atoms with Gasteiger partial charge in [0.05, 0.1) is 5.75 Å². The van der Waals surface area contributed by atoms with Crippen LogP contribution in [0.2, 0.25) is 0 Å². The standard InChI is InChI=1S/C18H23NOS/c1-12-6-13(2)8-16(7-12)10-21-11-18(20)17-9-14(3)19(5)15(17)4/h6-9H,10-11H2,1-5H3. The number of nitrogens with zero attached hydrogens (tertiary/aromatic N) is 1. The van der Waals surface area contributed by atoms with E-state index in [1.807, 2.05) is 27.0 Å². The number of aromatic nitrogens is 1. The molecule has 2 nitrogen and oxygen atoms in total. The van der Waals surface area contributed by atoms with Crippen LogP contribution in [0.5, 0.6) is 0 Å². The fourth-order valence-electron chi connectivity index (χ4n) is 2.63. The van der Waals surface area contributed by atoms with E-state index in [0.717, 1.165) is 22.7 Å². The Hall–Kier alpha value is -1.48. The zero-order valence-corrected chi connectivity index (χ0v) is 14.3. The van der Waals surface area contributed by atoms with Gasteiger partial charge in [-0.3, -0.25) is 4.79 Å². The molecule has 0 saturated heterocycles. The molecule has 2 aromatic rings. The number of thioether (sulfide) groups is 1. The molecule has 0 saturated carbocycles. The number of ketones is 1. The Balaban J connectivity index is 1.97. The minimum atomic E-state index is 0.227. The molecule has 1 heterocycles. The van der Waals surface area contributed by atoms with Gasteiger partial charge in [0.25, 0.3) is 0 Å². The summed E-state index contributed by atoms with van der Waals surface area (Å²) in [5.41, 5.74) is 6.92. The fraction of sp³-hybridized carbons (Fsp3) is 0.389. The molecule has 0 unspecified atom stereocenters. The minimum absolute atomic E-state index is 0.227. The molecule has 0 fully saturated rings. The second kappa shape index (κ2) is 6.52. The average Bonchev–Trinajstić information content (AvgIpc) is 2.65. The van der Waals surface area contributed by atoms with Gasteiger partial charge in [0.15, 0.2) is 5.78 Å². The topological polar surface area (TPSA) is 22.0 Å². The van der Waals surface area contributed by atoms with E-state index in [0.29, 0.717) is 5.75 Å². The molecular formula is C18H23NOS. The summed E-state index contributed by atoms with van der Waals surface area (Å²) >= 11 is 1.69. The van der Waals surface area contributed by atoms with Gasteiger partial charge in [-0.15, -0.1) is 11.8 Å². The monoisotopic (exact) mass is 301 g/mol. The highest BCUT2D eigenvalue weighted by atomic mass is 32.2. The molecule has 0 aliphatic rings. The van der Waals surface area contributed by atoms with Crippen molar-refractivity contribution in [3.63, 3.8) is 0 Å². The first-order valence-electron chi connectivity index (χ1n) is 7.19. The lowest BCUT2D eigenvalue weighted by Gasteiger charge is -2.05. The molecule has 0 N–H and O–H groups in total. The second-order valence-electron chi connectivity index (χ2n) is 5.76. The van der Waals surface area contributed by atoms with Gasteiger partial charge >= 0.3 is 0 Å². The highest BCUT2D eigenvalue weighted by Gasteiger charge is 2.13. The highest BCUT2D eigenvalue weighted by molar-refractivity contribution is 7.99. The first-order valence-corrected chi connectivity index (χ1v) is 8.35. The van der Waals surface area contributed by atoms with Crippen molar-refractivity contribution in [2.75, 3.05) is 5.75 Å². The van der Waals surface area contributed by atoms with Crippen molar-refractivity contribution in [2.24, 2.45) is 7.05 Å². The lowest BCUT2D eigenvalue weighted by Crippen LogP contribution is -2.04. The summed E-state index contributed by atoms with van der Waals surface area (Å²) in [7, 11) is 2.00. The maximum absolute atomic E-state index is 12.3. The molecule has 0 aliphatic carbocycles. The molecular weight excluding hydrogens is 278 g/mol. The van der Waals surface area contributed by atoms with Crippen molar-refractivity contribution < 1.29 is 4.79 Å². The Labute approximate surface area is 131 Å². The van der Waals surface area contributed by atoms with Gasteiger partial charge in [-0.2, -0.15) is 0 Å². The Morgan fingerprint density at radius 1 is 1.05 bits per heavy atom.